The molecule has 1 unspecified atom stereocenters. The van der Waals surface area contributed by atoms with Crippen LogP contribution >= 0.6 is 0 Å². The molecule has 1 atom stereocenters. The van der Waals surface area contributed by atoms with Crippen molar-refractivity contribution < 1.29 is 23.7 Å². The third kappa shape index (κ3) is 3.89. The van der Waals surface area contributed by atoms with Crippen molar-refractivity contribution >= 4 is 17.8 Å². The summed E-state index contributed by atoms with van der Waals surface area (Å²) in [7, 11) is 1.26. The summed E-state index contributed by atoms with van der Waals surface area (Å²) in [4.78, 5) is 26.2. The molecule has 1 aliphatic heterocycles. The Hall–Kier alpha value is -3.02. The van der Waals surface area contributed by atoms with Crippen molar-refractivity contribution in [2.45, 2.75) is 26.3 Å². The highest BCUT2D eigenvalue weighted by atomic mass is 16.6. The first-order chi connectivity index (χ1) is 13.0. The topological polar surface area (TPSA) is 151 Å². The molecular formula is C15H21N7O5. The van der Waals surface area contributed by atoms with Crippen molar-refractivity contribution in [3.8, 4) is 5.82 Å². The number of esters is 2. The van der Waals surface area contributed by atoms with E-state index in [9.17, 15) is 9.59 Å². The molecule has 1 saturated heterocycles. The van der Waals surface area contributed by atoms with E-state index in [-0.39, 0.29) is 29.2 Å². The van der Waals surface area contributed by atoms with Crippen molar-refractivity contribution in [3.05, 3.63) is 11.4 Å². The van der Waals surface area contributed by atoms with Crippen molar-refractivity contribution in [1.29, 1.82) is 0 Å². The van der Waals surface area contributed by atoms with E-state index in [0.29, 0.717) is 25.4 Å². The zero-order chi connectivity index (χ0) is 19.4. The highest BCUT2D eigenvalue weighted by Crippen LogP contribution is 2.23. The van der Waals surface area contributed by atoms with Crippen LogP contribution in [0.3, 0.4) is 0 Å². The zero-order valence-electron chi connectivity index (χ0n) is 15.1. The van der Waals surface area contributed by atoms with Gasteiger partial charge in [0.15, 0.2) is 5.69 Å². The molecule has 0 aliphatic carbocycles. The highest BCUT2D eigenvalue weighted by molar-refractivity contribution is 5.88. The molecule has 3 heterocycles. The third-order valence-corrected chi connectivity index (χ3v) is 4.34. The highest BCUT2D eigenvalue weighted by Gasteiger charge is 2.30. The van der Waals surface area contributed by atoms with Crippen LogP contribution in [0.15, 0.2) is 4.63 Å². The Kier molecular flexibility index (Phi) is 5.64. The maximum atomic E-state index is 12.1. The molecule has 0 amide bonds. The number of ether oxygens (including phenoxy) is 2. The fourth-order valence-corrected chi connectivity index (χ4v) is 3.07. The van der Waals surface area contributed by atoms with E-state index in [1.54, 1.807) is 6.92 Å². The number of aromatic nitrogens is 5. The van der Waals surface area contributed by atoms with Crippen molar-refractivity contribution in [2.24, 2.45) is 5.92 Å². The normalized spacial score (nSPS) is 17.6. The van der Waals surface area contributed by atoms with E-state index >= 15 is 0 Å². The lowest BCUT2D eigenvalue weighted by molar-refractivity contribution is -0.150. The summed E-state index contributed by atoms with van der Waals surface area (Å²) in [6.45, 7) is 3.66. The van der Waals surface area contributed by atoms with Gasteiger partial charge in [-0.1, -0.05) is 5.21 Å². The van der Waals surface area contributed by atoms with Gasteiger partial charge in [-0.3, -0.25) is 9.69 Å². The van der Waals surface area contributed by atoms with Crippen LogP contribution in [0.5, 0.6) is 0 Å². The van der Waals surface area contributed by atoms with Crippen molar-refractivity contribution in [3.63, 3.8) is 0 Å². The van der Waals surface area contributed by atoms with E-state index in [1.807, 2.05) is 4.90 Å². The van der Waals surface area contributed by atoms with Gasteiger partial charge in [-0.05, 0) is 36.6 Å². The predicted molar refractivity (Wildman–Crippen MR) is 89.6 cm³/mol. The number of rotatable bonds is 6. The molecule has 0 saturated carbocycles. The maximum absolute atomic E-state index is 12.1. The number of hydrogen-bond acceptors (Lipinski definition) is 11. The first kappa shape index (κ1) is 18.8. The fraction of sp³-hybridized carbons (Fsp3) is 0.600. The molecule has 2 aromatic rings. The van der Waals surface area contributed by atoms with Crippen LogP contribution < -0.4 is 5.73 Å². The number of anilines is 1. The SMILES string of the molecule is CCOC(=O)C1CCCN(Cc2c(C(=O)OC)nnn2-c2nonc2N)C1. The molecular weight excluding hydrogens is 358 g/mol. The number of hydrogen-bond donors (Lipinski definition) is 1. The minimum Gasteiger partial charge on any atom is -0.466 e. The Labute approximate surface area is 154 Å². The summed E-state index contributed by atoms with van der Waals surface area (Å²) < 4.78 is 15.8. The van der Waals surface area contributed by atoms with Gasteiger partial charge in [0, 0.05) is 13.1 Å². The second kappa shape index (κ2) is 8.12. The number of carbonyl (C=O) groups is 2. The van der Waals surface area contributed by atoms with Crippen LogP contribution in [0.25, 0.3) is 5.82 Å². The number of nitrogen functional groups attached to an aromatic ring is 1. The fourth-order valence-electron chi connectivity index (χ4n) is 3.07. The number of carbonyl (C=O) groups excluding carboxylic acids is 2. The molecule has 1 fully saturated rings. The number of nitrogens with two attached hydrogens (primary N) is 1. The average Bonchev–Trinajstić information content (AvgIpc) is 3.27. The largest absolute Gasteiger partial charge is 0.466 e. The molecule has 0 bridgehead atoms. The lowest BCUT2D eigenvalue weighted by atomic mass is 9.98. The number of likely N-dealkylation sites (tertiary alicyclic amines) is 1. The Bertz CT molecular complexity index is 817. The van der Waals surface area contributed by atoms with E-state index in [4.69, 9.17) is 15.2 Å². The van der Waals surface area contributed by atoms with Gasteiger partial charge in [-0.25, -0.2) is 9.42 Å². The molecule has 12 nitrogen and oxygen atoms in total. The predicted octanol–water partition coefficient (Wildman–Crippen LogP) is -0.206. The Balaban J connectivity index is 1.86. The Morgan fingerprint density at radius 1 is 1.37 bits per heavy atom. The minimum atomic E-state index is -0.634. The van der Waals surface area contributed by atoms with Crippen LogP contribution in [-0.4, -0.2) is 69.0 Å². The molecule has 2 aromatic heterocycles. The first-order valence-electron chi connectivity index (χ1n) is 8.55. The van der Waals surface area contributed by atoms with Gasteiger partial charge in [-0.2, -0.15) is 4.68 Å². The maximum Gasteiger partial charge on any atom is 0.360 e. The Morgan fingerprint density at radius 3 is 2.85 bits per heavy atom. The third-order valence-electron chi connectivity index (χ3n) is 4.34. The number of piperidine rings is 1. The van der Waals surface area contributed by atoms with Gasteiger partial charge in [0.25, 0.3) is 0 Å². The molecule has 0 radical (unpaired) electrons. The minimum absolute atomic E-state index is 0.0145. The van der Waals surface area contributed by atoms with Gasteiger partial charge in [-0.15, -0.1) is 5.10 Å². The Morgan fingerprint density at radius 2 is 2.19 bits per heavy atom. The van der Waals surface area contributed by atoms with E-state index in [2.05, 4.69) is 25.3 Å². The van der Waals surface area contributed by atoms with Crippen molar-refractivity contribution in [2.75, 3.05) is 32.5 Å². The van der Waals surface area contributed by atoms with E-state index in [0.717, 1.165) is 19.4 Å². The van der Waals surface area contributed by atoms with Crippen LogP contribution in [0.2, 0.25) is 0 Å². The van der Waals surface area contributed by atoms with Crippen LogP contribution in [0.1, 0.15) is 35.9 Å². The van der Waals surface area contributed by atoms with Gasteiger partial charge in [0.05, 0.1) is 25.3 Å². The summed E-state index contributed by atoms with van der Waals surface area (Å²) in [5, 5.41) is 15.1. The van der Waals surface area contributed by atoms with Gasteiger partial charge in [0.1, 0.15) is 0 Å². The lowest BCUT2D eigenvalue weighted by Crippen LogP contribution is -2.39. The summed E-state index contributed by atoms with van der Waals surface area (Å²) in [5.41, 5.74) is 6.21. The number of nitrogens with zero attached hydrogens (tertiary/aromatic N) is 6. The van der Waals surface area contributed by atoms with Gasteiger partial charge < -0.3 is 15.2 Å². The quantitative estimate of drug-likeness (QED) is 0.664. The monoisotopic (exact) mass is 379 g/mol. The molecule has 1 aliphatic rings. The smallest absolute Gasteiger partial charge is 0.360 e. The van der Waals surface area contributed by atoms with Gasteiger partial charge in [0.2, 0.25) is 11.6 Å². The van der Waals surface area contributed by atoms with Crippen LogP contribution in [0.4, 0.5) is 5.82 Å². The number of methoxy groups -OCH3 is 1. The molecule has 27 heavy (non-hydrogen) atoms. The average molecular weight is 379 g/mol. The second-order valence-corrected chi connectivity index (χ2v) is 6.09. The van der Waals surface area contributed by atoms with E-state index < -0.39 is 5.97 Å². The summed E-state index contributed by atoms with van der Waals surface area (Å²) in [5.74, 6) is -0.923. The molecule has 2 N–H and O–H groups in total. The summed E-state index contributed by atoms with van der Waals surface area (Å²) in [6.07, 6.45) is 1.59. The van der Waals surface area contributed by atoms with E-state index in [1.165, 1.54) is 11.8 Å². The molecule has 12 heteroatoms. The summed E-state index contributed by atoms with van der Waals surface area (Å²) >= 11 is 0. The zero-order valence-corrected chi connectivity index (χ0v) is 15.1. The lowest BCUT2D eigenvalue weighted by Gasteiger charge is -2.31. The molecule has 0 spiro atoms. The van der Waals surface area contributed by atoms with Crippen LogP contribution in [-0.2, 0) is 20.8 Å². The standard InChI is InChI=1S/C15H21N7O5/c1-3-26-14(23)9-5-4-6-21(7-9)8-10-11(15(24)25-2)17-20-22(10)13-12(16)18-27-19-13/h9H,3-8H2,1-2H3,(H2,16,18). The first-order valence-corrected chi connectivity index (χ1v) is 8.55. The second-order valence-electron chi connectivity index (χ2n) is 6.09. The summed E-state index contributed by atoms with van der Waals surface area (Å²) in [6, 6.07) is 0. The molecule has 3 rings (SSSR count). The van der Waals surface area contributed by atoms with Gasteiger partial charge >= 0.3 is 11.9 Å². The van der Waals surface area contributed by atoms with Crippen LogP contribution in [0, 0.1) is 5.92 Å². The molecule has 146 valence electrons. The molecule has 0 aromatic carbocycles. The van der Waals surface area contributed by atoms with Crippen molar-refractivity contribution in [1.82, 2.24) is 30.2 Å².